The van der Waals surface area contributed by atoms with Crippen molar-refractivity contribution < 1.29 is 4.21 Å². The van der Waals surface area contributed by atoms with Crippen LogP contribution in [0.2, 0.25) is 0 Å². The monoisotopic (exact) mass is 259 g/mol. The second-order valence-electron chi connectivity index (χ2n) is 4.34. The maximum atomic E-state index is 11.0. The van der Waals surface area contributed by atoms with Crippen LogP contribution in [-0.2, 0) is 10.8 Å². The van der Waals surface area contributed by atoms with Crippen LogP contribution in [0.5, 0.6) is 0 Å². The van der Waals surface area contributed by atoms with Crippen molar-refractivity contribution in [1.82, 2.24) is 9.36 Å². The average Bonchev–Trinajstić information content (AvgIpc) is 2.98. The summed E-state index contributed by atoms with van der Waals surface area (Å²) in [6.45, 7) is 2.09. The van der Waals surface area contributed by atoms with Gasteiger partial charge >= 0.3 is 0 Å². The SMILES string of the molecule is CC(CCS(C)=O)Nc1nc(C2CC2)ns1. The predicted molar refractivity (Wildman–Crippen MR) is 68.5 cm³/mol. The molecule has 1 aliphatic rings. The van der Waals surface area contributed by atoms with Crippen LogP contribution in [0.3, 0.4) is 0 Å². The number of nitrogens with one attached hydrogen (secondary N) is 1. The summed E-state index contributed by atoms with van der Waals surface area (Å²) in [5.41, 5.74) is 0. The molecule has 16 heavy (non-hydrogen) atoms. The number of hydrogen-bond acceptors (Lipinski definition) is 5. The van der Waals surface area contributed by atoms with Crippen molar-refractivity contribution in [2.24, 2.45) is 0 Å². The van der Waals surface area contributed by atoms with Crippen molar-refractivity contribution in [3.8, 4) is 0 Å². The van der Waals surface area contributed by atoms with Gasteiger partial charge in [0.2, 0.25) is 5.13 Å². The maximum absolute atomic E-state index is 11.0. The van der Waals surface area contributed by atoms with E-state index >= 15 is 0 Å². The van der Waals surface area contributed by atoms with Gasteiger partial charge in [0, 0.05) is 46.3 Å². The third-order valence-corrected chi connectivity index (χ3v) is 4.06. The van der Waals surface area contributed by atoms with Gasteiger partial charge in [-0.25, -0.2) is 4.98 Å². The highest BCUT2D eigenvalue weighted by atomic mass is 32.2. The zero-order valence-electron chi connectivity index (χ0n) is 9.60. The minimum Gasteiger partial charge on any atom is -0.358 e. The topological polar surface area (TPSA) is 54.9 Å². The molecular weight excluding hydrogens is 242 g/mol. The van der Waals surface area contributed by atoms with Crippen molar-refractivity contribution >= 4 is 27.5 Å². The second kappa shape index (κ2) is 5.23. The van der Waals surface area contributed by atoms with Gasteiger partial charge < -0.3 is 5.32 Å². The molecule has 90 valence electrons. The first-order valence-electron chi connectivity index (χ1n) is 5.55. The van der Waals surface area contributed by atoms with E-state index in [1.165, 1.54) is 24.4 Å². The van der Waals surface area contributed by atoms with Crippen LogP contribution in [0, 0.1) is 0 Å². The summed E-state index contributed by atoms with van der Waals surface area (Å²) in [6, 6.07) is 0.309. The molecule has 0 aromatic carbocycles. The van der Waals surface area contributed by atoms with Gasteiger partial charge in [0.1, 0.15) is 5.82 Å². The lowest BCUT2D eigenvalue weighted by Gasteiger charge is -2.10. The van der Waals surface area contributed by atoms with Gasteiger partial charge in [0.15, 0.2) is 0 Å². The first kappa shape index (κ1) is 12.0. The Morgan fingerprint density at radius 3 is 3.00 bits per heavy atom. The number of aromatic nitrogens is 2. The molecule has 0 saturated heterocycles. The Morgan fingerprint density at radius 1 is 1.62 bits per heavy atom. The largest absolute Gasteiger partial charge is 0.358 e. The smallest absolute Gasteiger partial charge is 0.202 e. The maximum Gasteiger partial charge on any atom is 0.202 e. The van der Waals surface area contributed by atoms with Gasteiger partial charge in [-0.05, 0) is 26.2 Å². The summed E-state index contributed by atoms with van der Waals surface area (Å²) >= 11 is 1.43. The minimum atomic E-state index is -0.709. The predicted octanol–water partition coefficient (Wildman–Crippen LogP) is 1.98. The molecule has 6 heteroatoms. The summed E-state index contributed by atoms with van der Waals surface area (Å²) in [5.74, 6) is 2.35. The standard InChI is InChI=1S/C10H17N3OS2/c1-7(5-6-16(2)14)11-10-12-9(13-15-10)8-3-4-8/h7-8H,3-6H2,1-2H3,(H,11,12,13). The van der Waals surface area contributed by atoms with Gasteiger partial charge in [-0.15, -0.1) is 0 Å². The summed E-state index contributed by atoms with van der Waals surface area (Å²) in [4.78, 5) is 4.46. The van der Waals surface area contributed by atoms with Crippen molar-refractivity contribution in [3.05, 3.63) is 5.82 Å². The Bertz CT molecular complexity index is 376. The van der Waals surface area contributed by atoms with Crippen molar-refractivity contribution in [2.75, 3.05) is 17.3 Å². The number of anilines is 1. The van der Waals surface area contributed by atoms with Crippen molar-refractivity contribution in [3.63, 3.8) is 0 Å². The van der Waals surface area contributed by atoms with E-state index < -0.39 is 10.8 Å². The highest BCUT2D eigenvalue weighted by Gasteiger charge is 2.27. The van der Waals surface area contributed by atoms with E-state index in [0.717, 1.165) is 23.1 Å². The molecule has 1 aromatic rings. The van der Waals surface area contributed by atoms with Crippen LogP contribution in [0.1, 0.15) is 37.9 Å². The molecule has 0 bridgehead atoms. The molecule has 1 fully saturated rings. The van der Waals surface area contributed by atoms with Crippen molar-refractivity contribution in [2.45, 2.75) is 38.1 Å². The molecule has 1 heterocycles. The minimum absolute atomic E-state index is 0.309. The zero-order valence-corrected chi connectivity index (χ0v) is 11.2. The van der Waals surface area contributed by atoms with E-state index in [4.69, 9.17) is 0 Å². The lowest BCUT2D eigenvalue weighted by molar-refractivity contribution is 0.678. The molecule has 4 nitrogen and oxygen atoms in total. The van der Waals surface area contributed by atoms with Crippen LogP contribution in [0.4, 0.5) is 5.13 Å². The van der Waals surface area contributed by atoms with Crippen LogP contribution in [0.25, 0.3) is 0 Å². The molecule has 1 aromatic heterocycles. The molecule has 0 spiro atoms. The highest BCUT2D eigenvalue weighted by molar-refractivity contribution is 7.84. The summed E-state index contributed by atoms with van der Waals surface area (Å²) in [5, 5.41) is 4.21. The third-order valence-electron chi connectivity index (χ3n) is 2.59. The summed E-state index contributed by atoms with van der Waals surface area (Å²) < 4.78 is 15.3. The lowest BCUT2D eigenvalue weighted by atomic mass is 10.3. The lowest BCUT2D eigenvalue weighted by Crippen LogP contribution is -2.17. The first-order valence-corrected chi connectivity index (χ1v) is 8.05. The zero-order chi connectivity index (χ0) is 11.5. The van der Waals surface area contributed by atoms with Crippen LogP contribution in [-0.4, -0.2) is 31.6 Å². The van der Waals surface area contributed by atoms with Gasteiger partial charge in [-0.2, -0.15) is 4.37 Å². The van der Waals surface area contributed by atoms with Crippen LogP contribution < -0.4 is 5.32 Å². The number of hydrogen-bond donors (Lipinski definition) is 1. The highest BCUT2D eigenvalue weighted by Crippen LogP contribution is 2.39. The molecular formula is C10H17N3OS2. The van der Waals surface area contributed by atoms with Gasteiger partial charge in [0.25, 0.3) is 0 Å². The van der Waals surface area contributed by atoms with Gasteiger partial charge in [-0.3, -0.25) is 4.21 Å². The van der Waals surface area contributed by atoms with E-state index in [1.807, 2.05) is 0 Å². The van der Waals surface area contributed by atoms with E-state index in [1.54, 1.807) is 6.26 Å². The Morgan fingerprint density at radius 2 is 2.38 bits per heavy atom. The van der Waals surface area contributed by atoms with Crippen LogP contribution in [0.15, 0.2) is 0 Å². The summed E-state index contributed by atoms with van der Waals surface area (Å²) in [7, 11) is -0.709. The normalized spacial score (nSPS) is 19.4. The van der Waals surface area contributed by atoms with Crippen LogP contribution >= 0.6 is 11.5 Å². The van der Waals surface area contributed by atoms with Gasteiger partial charge in [0.05, 0.1) is 0 Å². The molecule has 1 saturated carbocycles. The number of rotatable bonds is 6. The fraction of sp³-hybridized carbons (Fsp3) is 0.800. The molecule has 1 aliphatic carbocycles. The first-order chi connectivity index (χ1) is 7.65. The summed E-state index contributed by atoms with van der Waals surface area (Å²) in [6.07, 6.45) is 5.12. The molecule has 0 aliphatic heterocycles. The van der Waals surface area contributed by atoms with E-state index in [-0.39, 0.29) is 0 Å². The fourth-order valence-electron chi connectivity index (χ4n) is 1.43. The molecule has 1 N–H and O–H groups in total. The fourth-order valence-corrected chi connectivity index (χ4v) is 2.87. The molecule has 2 rings (SSSR count). The Balaban J connectivity index is 1.80. The second-order valence-corrected chi connectivity index (χ2v) is 6.65. The Kier molecular flexibility index (Phi) is 3.91. The molecule has 2 atom stereocenters. The molecule has 0 amide bonds. The third kappa shape index (κ3) is 3.52. The van der Waals surface area contributed by atoms with E-state index in [0.29, 0.717) is 12.0 Å². The Hall–Kier alpha value is -0.490. The molecule has 0 radical (unpaired) electrons. The Labute approximate surface area is 102 Å². The van der Waals surface area contributed by atoms with E-state index in [2.05, 4.69) is 21.6 Å². The number of nitrogens with zero attached hydrogens (tertiary/aromatic N) is 2. The van der Waals surface area contributed by atoms with E-state index in [9.17, 15) is 4.21 Å². The van der Waals surface area contributed by atoms with Crippen molar-refractivity contribution in [1.29, 1.82) is 0 Å². The quantitative estimate of drug-likeness (QED) is 0.849. The average molecular weight is 259 g/mol. The van der Waals surface area contributed by atoms with Gasteiger partial charge in [-0.1, -0.05) is 0 Å². The molecule has 2 unspecified atom stereocenters.